The molecule has 1 aromatic heterocycles. The number of aliphatic hydroxyl groups is 2. The van der Waals surface area contributed by atoms with Gasteiger partial charge in [-0.15, -0.1) is 0 Å². The first-order chi connectivity index (χ1) is 19.5. The van der Waals surface area contributed by atoms with Gasteiger partial charge in [0, 0.05) is 35.6 Å². The van der Waals surface area contributed by atoms with Gasteiger partial charge in [-0.25, -0.2) is 0 Å². The molecule has 4 N–H and O–H groups in total. The van der Waals surface area contributed by atoms with Crippen LogP contribution in [0.1, 0.15) is 107 Å². The molecule has 1 aliphatic heterocycles. The number of aromatic nitrogens is 1. The van der Waals surface area contributed by atoms with Crippen LogP contribution >= 0.6 is 0 Å². The summed E-state index contributed by atoms with van der Waals surface area (Å²) in [5, 5.41) is 24.9. The molecule has 1 aromatic carbocycles. The Morgan fingerprint density at radius 3 is 2.50 bits per heavy atom. The highest BCUT2D eigenvalue weighted by atomic mass is 16.3. The van der Waals surface area contributed by atoms with Gasteiger partial charge in [0.1, 0.15) is 0 Å². The molecule has 6 heteroatoms. The Balaban J connectivity index is 1.18. The van der Waals surface area contributed by atoms with Gasteiger partial charge in [0.05, 0.1) is 24.7 Å². The lowest BCUT2D eigenvalue weighted by molar-refractivity contribution is -0.129. The summed E-state index contributed by atoms with van der Waals surface area (Å²) in [6.07, 6.45) is 22.2. The number of nitrogens with one attached hydrogen (secondary N) is 2. The molecule has 1 aliphatic carbocycles. The van der Waals surface area contributed by atoms with Crippen molar-refractivity contribution in [3.05, 3.63) is 47.7 Å². The highest BCUT2D eigenvalue weighted by molar-refractivity contribution is 5.88. The lowest BCUT2D eigenvalue weighted by Gasteiger charge is -2.45. The van der Waals surface area contributed by atoms with E-state index in [1.165, 1.54) is 86.2 Å². The standard InChI is InChI=1S/C34H53N3O3/c1-3-4-5-6-7-8-9-10-11-12-13-14-15-19-32(39)30(24-38)36-34(40)26-20-28-27-17-16-18-29-33(27)25(22-35-29)21-31(28)37(2)23-26/h15-19,22,26,28,30-32,35,38-39H,3-14,20-21,23-24H2,1-2H3,(H,36,40)/b19-15+/t26-,28-,30+,31-,32-/m1/s1. The number of rotatable bonds is 17. The maximum absolute atomic E-state index is 13.3. The molecule has 4 rings (SSSR count). The molecule has 1 fully saturated rings. The van der Waals surface area contributed by atoms with Gasteiger partial charge in [0.2, 0.25) is 5.91 Å². The molecule has 2 aromatic rings. The van der Waals surface area contributed by atoms with Gasteiger partial charge >= 0.3 is 0 Å². The van der Waals surface area contributed by atoms with Gasteiger partial charge in [-0.05, 0) is 49.9 Å². The number of piperidine rings is 1. The van der Waals surface area contributed by atoms with Crippen LogP contribution in [0.15, 0.2) is 36.5 Å². The third-order valence-corrected chi connectivity index (χ3v) is 9.34. The molecule has 2 aliphatic rings. The number of likely N-dealkylation sites (tertiary alicyclic amines) is 1. The summed E-state index contributed by atoms with van der Waals surface area (Å²) < 4.78 is 0. The molecule has 0 unspecified atom stereocenters. The van der Waals surface area contributed by atoms with E-state index >= 15 is 0 Å². The molecule has 0 spiro atoms. The number of carbonyl (C=O) groups excluding carboxylic acids is 1. The minimum absolute atomic E-state index is 0.0748. The van der Waals surface area contributed by atoms with Crippen molar-refractivity contribution in [1.29, 1.82) is 0 Å². The molecular weight excluding hydrogens is 498 g/mol. The van der Waals surface area contributed by atoms with Crippen LogP contribution in [0.3, 0.4) is 0 Å². The van der Waals surface area contributed by atoms with Crippen molar-refractivity contribution < 1.29 is 15.0 Å². The van der Waals surface area contributed by atoms with E-state index < -0.39 is 12.1 Å². The molecule has 0 radical (unpaired) electrons. The molecule has 6 nitrogen and oxygen atoms in total. The summed E-state index contributed by atoms with van der Waals surface area (Å²) in [5.41, 5.74) is 3.87. The predicted molar refractivity (Wildman–Crippen MR) is 165 cm³/mol. The molecule has 2 heterocycles. The number of benzene rings is 1. The Bertz CT molecular complexity index is 1080. The summed E-state index contributed by atoms with van der Waals surface area (Å²) in [6, 6.07) is 6.14. The fourth-order valence-corrected chi connectivity index (χ4v) is 6.97. The van der Waals surface area contributed by atoms with Crippen molar-refractivity contribution in [2.45, 2.75) is 121 Å². The summed E-state index contributed by atoms with van der Waals surface area (Å²) in [5.74, 6) is 0.0439. The van der Waals surface area contributed by atoms with Crippen LogP contribution in [0.25, 0.3) is 10.9 Å². The lowest BCUT2D eigenvalue weighted by atomic mass is 9.72. The summed E-state index contributed by atoms with van der Waals surface area (Å²) >= 11 is 0. The molecule has 222 valence electrons. The van der Waals surface area contributed by atoms with E-state index in [0.717, 1.165) is 25.7 Å². The van der Waals surface area contributed by atoms with Gasteiger partial charge in [-0.1, -0.05) is 95.4 Å². The van der Waals surface area contributed by atoms with Crippen LogP contribution in [-0.2, 0) is 11.2 Å². The van der Waals surface area contributed by atoms with Crippen molar-refractivity contribution in [1.82, 2.24) is 15.2 Å². The smallest absolute Gasteiger partial charge is 0.224 e. The monoisotopic (exact) mass is 551 g/mol. The number of carbonyl (C=O) groups is 1. The van der Waals surface area contributed by atoms with E-state index in [1.807, 2.05) is 6.08 Å². The number of H-pyrrole nitrogens is 1. The number of likely N-dealkylation sites (N-methyl/N-ethyl adjacent to an activating group) is 1. The van der Waals surface area contributed by atoms with Gasteiger partial charge in [0.25, 0.3) is 0 Å². The Kier molecular flexibility index (Phi) is 12.1. The zero-order chi connectivity index (χ0) is 28.3. The first kappa shape index (κ1) is 30.8. The zero-order valence-corrected chi connectivity index (χ0v) is 24.9. The second-order valence-electron chi connectivity index (χ2n) is 12.4. The number of hydrogen-bond acceptors (Lipinski definition) is 4. The minimum Gasteiger partial charge on any atom is -0.394 e. The Hall–Kier alpha value is -2.15. The molecular formula is C34H53N3O3. The fraction of sp³-hybridized carbons (Fsp3) is 0.676. The second kappa shape index (κ2) is 15.7. The van der Waals surface area contributed by atoms with Crippen LogP contribution < -0.4 is 5.32 Å². The highest BCUT2D eigenvalue weighted by Gasteiger charge is 2.41. The van der Waals surface area contributed by atoms with Crippen LogP contribution in [0.4, 0.5) is 0 Å². The van der Waals surface area contributed by atoms with Gasteiger partial charge < -0.3 is 25.4 Å². The second-order valence-corrected chi connectivity index (χ2v) is 12.4. The Morgan fingerprint density at radius 1 is 1.10 bits per heavy atom. The van der Waals surface area contributed by atoms with Crippen molar-refractivity contribution in [2.24, 2.45) is 5.92 Å². The largest absolute Gasteiger partial charge is 0.394 e. The van der Waals surface area contributed by atoms with Crippen molar-refractivity contribution in [2.75, 3.05) is 20.2 Å². The number of unbranched alkanes of at least 4 members (excludes halogenated alkanes) is 11. The van der Waals surface area contributed by atoms with E-state index in [9.17, 15) is 15.0 Å². The average molecular weight is 552 g/mol. The first-order valence-corrected chi connectivity index (χ1v) is 16.1. The number of aliphatic hydroxyl groups excluding tert-OH is 2. The zero-order valence-electron chi connectivity index (χ0n) is 24.9. The van der Waals surface area contributed by atoms with Crippen LogP contribution in [0, 0.1) is 5.92 Å². The molecule has 1 amide bonds. The quantitative estimate of drug-likeness (QED) is 0.139. The minimum atomic E-state index is -0.887. The molecule has 0 saturated carbocycles. The third-order valence-electron chi connectivity index (χ3n) is 9.34. The fourth-order valence-electron chi connectivity index (χ4n) is 6.97. The highest BCUT2D eigenvalue weighted by Crippen LogP contribution is 2.44. The molecule has 0 bridgehead atoms. The van der Waals surface area contributed by atoms with Crippen molar-refractivity contribution in [3.8, 4) is 0 Å². The van der Waals surface area contributed by atoms with E-state index in [1.54, 1.807) is 6.08 Å². The molecule has 5 atom stereocenters. The molecule has 1 saturated heterocycles. The van der Waals surface area contributed by atoms with Crippen molar-refractivity contribution in [3.63, 3.8) is 0 Å². The maximum atomic E-state index is 13.3. The normalized spacial score (nSPS) is 22.4. The average Bonchev–Trinajstić information content (AvgIpc) is 3.38. The van der Waals surface area contributed by atoms with Crippen LogP contribution in [-0.4, -0.2) is 64.4 Å². The van der Waals surface area contributed by atoms with E-state index in [2.05, 4.69) is 53.6 Å². The summed E-state index contributed by atoms with van der Waals surface area (Å²) in [6.45, 7) is 2.67. The Labute approximate surface area is 241 Å². The number of amides is 1. The Morgan fingerprint density at radius 2 is 1.80 bits per heavy atom. The van der Waals surface area contributed by atoms with Gasteiger partial charge in [-0.3, -0.25) is 4.79 Å². The maximum Gasteiger partial charge on any atom is 0.224 e. The number of aromatic amines is 1. The predicted octanol–water partition coefficient (Wildman–Crippen LogP) is 6.22. The number of allylic oxidation sites excluding steroid dienone is 1. The SMILES string of the molecule is CCCCCCCCCCCCC/C=C/[C@@H](O)[C@H](CO)NC(=O)[C@@H]1C[C@@H]2c3cccc4[nH]cc(c34)C[C@H]2N(C)C1. The van der Waals surface area contributed by atoms with E-state index in [4.69, 9.17) is 0 Å². The van der Waals surface area contributed by atoms with Crippen LogP contribution in [0.5, 0.6) is 0 Å². The van der Waals surface area contributed by atoms with Crippen LogP contribution in [0.2, 0.25) is 0 Å². The first-order valence-electron chi connectivity index (χ1n) is 16.1. The lowest BCUT2D eigenvalue weighted by Crippen LogP contribution is -2.54. The number of fused-ring (bicyclic) bond motifs is 2. The third kappa shape index (κ3) is 7.98. The number of hydrogen-bond donors (Lipinski definition) is 4. The summed E-state index contributed by atoms with van der Waals surface area (Å²) in [7, 11) is 2.12. The topological polar surface area (TPSA) is 88.6 Å². The number of nitrogens with zero attached hydrogens (tertiary/aromatic N) is 1. The van der Waals surface area contributed by atoms with Gasteiger partial charge in [0.15, 0.2) is 0 Å². The van der Waals surface area contributed by atoms with E-state index in [0.29, 0.717) is 18.5 Å². The van der Waals surface area contributed by atoms with E-state index in [-0.39, 0.29) is 18.4 Å². The summed E-state index contributed by atoms with van der Waals surface area (Å²) in [4.78, 5) is 19.1. The van der Waals surface area contributed by atoms with Gasteiger partial charge in [-0.2, -0.15) is 0 Å². The van der Waals surface area contributed by atoms with Crippen molar-refractivity contribution >= 4 is 16.8 Å². The molecule has 40 heavy (non-hydrogen) atoms.